The molecular weight excluding hydrogens is 248 g/mol. The fourth-order valence-corrected chi connectivity index (χ4v) is 1.52. The molecule has 0 N–H and O–H groups in total. The number of hydrogen-bond acceptors (Lipinski definition) is 3. The number of nitrogens with zero attached hydrogens (tertiary/aromatic N) is 2. The van der Waals surface area contributed by atoms with E-state index in [1.807, 2.05) is 0 Å². The average molecular weight is 253 g/mol. The van der Waals surface area contributed by atoms with Crippen molar-refractivity contribution in [3.63, 3.8) is 0 Å². The van der Waals surface area contributed by atoms with Crippen LogP contribution in [0.4, 0.5) is 5.69 Å². The van der Waals surface area contributed by atoms with Crippen molar-refractivity contribution in [2.75, 3.05) is 0 Å². The van der Waals surface area contributed by atoms with Crippen molar-refractivity contribution in [1.29, 1.82) is 0 Å². The molecule has 0 aliphatic rings. The zero-order valence-corrected chi connectivity index (χ0v) is 8.56. The van der Waals surface area contributed by atoms with E-state index in [2.05, 4.69) is 20.9 Å². The van der Waals surface area contributed by atoms with Gasteiger partial charge in [0.1, 0.15) is 4.60 Å². The van der Waals surface area contributed by atoms with Crippen LogP contribution in [0.5, 0.6) is 0 Å². The first-order valence-electron chi connectivity index (χ1n) is 3.87. The highest BCUT2D eigenvalue weighted by Gasteiger charge is 2.06. The van der Waals surface area contributed by atoms with Crippen molar-refractivity contribution in [3.05, 3.63) is 45.0 Å². The number of halogens is 1. The topological polar surface area (TPSA) is 56.0 Å². The van der Waals surface area contributed by atoms with Gasteiger partial charge in [-0.2, -0.15) is 0 Å². The number of nitro groups is 1. The van der Waals surface area contributed by atoms with E-state index in [-0.39, 0.29) is 5.69 Å². The van der Waals surface area contributed by atoms with Crippen molar-refractivity contribution >= 4 is 32.5 Å². The minimum absolute atomic E-state index is 0.0848. The molecule has 0 amide bonds. The highest BCUT2D eigenvalue weighted by molar-refractivity contribution is 9.10. The first-order chi connectivity index (χ1) is 6.66. The summed E-state index contributed by atoms with van der Waals surface area (Å²) >= 11 is 3.23. The number of non-ortho nitro benzene ring substituents is 1. The predicted molar refractivity (Wildman–Crippen MR) is 56.1 cm³/mol. The molecule has 2 aromatic rings. The third kappa shape index (κ3) is 1.58. The number of benzene rings is 1. The van der Waals surface area contributed by atoms with Crippen LogP contribution >= 0.6 is 15.9 Å². The zero-order chi connectivity index (χ0) is 10.1. The van der Waals surface area contributed by atoms with Crippen LogP contribution in [0, 0.1) is 10.1 Å². The van der Waals surface area contributed by atoms with Crippen LogP contribution in [-0.2, 0) is 0 Å². The summed E-state index contributed by atoms with van der Waals surface area (Å²) in [4.78, 5) is 14.2. The molecule has 70 valence electrons. The second kappa shape index (κ2) is 3.34. The summed E-state index contributed by atoms with van der Waals surface area (Å²) in [5, 5.41) is 11.3. The van der Waals surface area contributed by atoms with Gasteiger partial charge < -0.3 is 0 Å². The molecule has 1 heterocycles. The molecule has 14 heavy (non-hydrogen) atoms. The van der Waals surface area contributed by atoms with Gasteiger partial charge in [0.2, 0.25) is 0 Å². The van der Waals surface area contributed by atoms with Gasteiger partial charge in [-0.25, -0.2) is 4.98 Å². The van der Waals surface area contributed by atoms with E-state index >= 15 is 0 Å². The largest absolute Gasteiger partial charge is 0.270 e. The van der Waals surface area contributed by atoms with E-state index in [1.165, 1.54) is 12.1 Å². The fourth-order valence-electron chi connectivity index (χ4n) is 1.20. The van der Waals surface area contributed by atoms with Crippen LogP contribution in [0.15, 0.2) is 34.9 Å². The van der Waals surface area contributed by atoms with Gasteiger partial charge in [0.25, 0.3) is 5.69 Å². The molecule has 1 aromatic heterocycles. The highest BCUT2D eigenvalue weighted by Crippen LogP contribution is 2.20. The monoisotopic (exact) mass is 252 g/mol. The normalized spacial score (nSPS) is 10.4. The highest BCUT2D eigenvalue weighted by atomic mass is 79.9. The molecule has 0 fully saturated rings. The molecule has 0 atom stereocenters. The van der Waals surface area contributed by atoms with Gasteiger partial charge in [0, 0.05) is 17.5 Å². The van der Waals surface area contributed by atoms with E-state index in [0.29, 0.717) is 0 Å². The lowest BCUT2D eigenvalue weighted by molar-refractivity contribution is -0.384. The summed E-state index contributed by atoms with van der Waals surface area (Å²) < 4.78 is 0.721. The maximum absolute atomic E-state index is 10.5. The number of rotatable bonds is 1. The number of pyridine rings is 1. The molecular formula is C9H5BrN2O2. The van der Waals surface area contributed by atoms with Crippen LogP contribution in [-0.4, -0.2) is 9.91 Å². The summed E-state index contributed by atoms with van der Waals surface area (Å²) in [6.07, 6.45) is 0. The Kier molecular flexibility index (Phi) is 2.17. The Balaban J connectivity index is 2.67. The van der Waals surface area contributed by atoms with Crippen molar-refractivity contribution in [2.45, 2.75) is 0 Å². The van der Waals surface area contributed by atoms with Crippen molar-refractivity contribution in [3.8, 4) is 0 Å². The van der Waals surface area contributed by atoms with E-state index < -0.39 is 4.92 Å². The minimum atomic E-state index is -0.415. The lowest BCUT2D eigenvalue weighted by Gasteiger charge is -1.97. The number of aromatic nitrogens is 1. The van der Waals surface area contributed by atoms with Crippen LogP contribution < -0.4 is 0 Å². The Morgan fingerprint density at radius 2 is 2.07 bits per heavy atom. The van der Waals surface area contributed by atoms with Gasteiger partial charge in [-0.3, -0.25) is 10.1 Å². The third-order valence-corrected chi connectivity index (χ3v) is 2.29. The van der Waals surface area contributed by atoms with Crippen molar-refractivity contribution < 1.29 is 4.92 Å². The lowest BCUT2D eigenvalue weighted by Crippen LogP contribution is -1.88. The maximum Gasteiger partial charge on any atom is 0.270 e. The molecule has 0 saturated carbocycles. The molecule has 2 rings (SSSR count). The standard InChI is InChI=1S/C9H5BrN2O2/c10-9-4-1-6-5-7(12(13)14)2-3-8(6)11-9/h1-5H. The van der Waals surface area contributed by atoms with E-state index in [0.717, 1.165) is 15.5 Å². The Bertz CT molecular complexity index is 513. The SMILES string of the molecule is O=[N+]([O-])c1ccc2nc(Br)ccc2c1. The number of nitro benzene ring substituents is 1. The Morgan fingerprint density at radius 3 is 2.79 bits per heavy atom. The fraction of sp³-hybridized carbons (Fsp3) is 0. The molecule has 0 spiro atoms. The van der Waals surface area contributed by atoms with Crippen LogP contribution in [0.1, 0.15) is 0 Å². The van der Waals surface area contributed by atoms with Gasteiger partial charge in [-0.1, -0.05) is 0 Å². The second-order valence-corrected chi connectivity index (χ2v) is 3.58. The van der Waals surface area contributed by atoms with E-state index in [1.54, 1.807) is 18.2 Å². The summed E-state index contributed by atoms with van der Waals surface area (Å²) in [7, 11) is 0. The molecule has 0 radical (unpaired) electrons. The van der Waals surface area contributed by atoms with Crippen LogP contribution in [0.3, 0.4) is 0 Å². The van der Waals surface area contributed by atoms with Crippen molar-refractivity contribution in [1.82, 2.24) is 4.98 Å². The van der Waals surface area contributed by atoms with E-state index in [9.17, 15) is 10.1 Å². The van der Waals surface area contributed by atoms with Gasteiger partial charge in [-0.05, 0) is 34.1 Å². The zero-order valence-electron chi connectivity index (χ0n) is 6.98. The Hall–Kier alpha value is -1.49. The summed E-state index contributed by atoms with van der Waals surface area (Å²) in [5.41, 5.74) is 0.826. The minimum Gasteiger partial charge on any atom is -0.258 e. The molecule has 0 aliphatic heterocycles. The van der Waals surface area contributed by atoms with Gasteiger partial charge in [-0.15, -0.1) is 0 Å². The Labute approximate surface area is 87.9 Å². The van der Waals surface area contributed by atoms with Gasteiger partial charge in [0.05, 0.1) is 10.4 Å². The number of fused-ring (bicyclic) bond motifs is 1. The molecule has 4 nitrogen and oxygen atoms in total. The first kappa shape index (κ1) is 9.08. The molecule has 0 aliphatic carbocycles. The lowest BCUT2D eigenvalue weighted by atomic mass is 10.2. The molecule has 0 saturated heterocycles. The van der Waals surface area contributed by atoms with Crippen LogP contribution in [0.25, 0.3) is 10.9 Å². The first-order valence-corrected chi connectivity index (χ1v) is 4.67. The predicted octanol–water partition coefficient (Wildman–Crippen LogP) is 2.91. The Morgan fingerprint density at radius 1 is 1.29 bits per heavy atom. The maximum atomic E-state index is 10.5. The summed E-state index contributed by atoms with van der Waals surface area (Å²) in [6.45, 7) is 0. The molecule has 0 unspecified atom stereocenters. The quantitative estimate of drug-likeness (QED) is 0.446. The molecule has 0 bridgehead atoms. The summed E-state index contributed by atoms with van der Waals surface area (Å²) in [6, 6.07) is 8.14. The average Bonchev–Trinajstić information content (AvgIpc) is 2.16. The third-order valence-electron chi connectivity index (χ3n) is 1.85. The number of hydrogen-bond donors (Lipinski definition) is 0. The van der Waals surface area contributed by atoms with Crippen molar-refractivity contribution in [2.24, 2.45) is 0 Å². The smallest absolute Gasteiger partial charge is 0.258 e. The van der Waals surface area contributed by atoms with Crippen LogP contribution in [0.2, 0.25) is 0 Å². The molecule has 5 heteroatoms. The second-order valence-electron chi connectivity index (χ2n) is 2.77. The summed E-state index contributed by atoms with van der Waals surface area (Å²) in [5.74, 6) is 0. The van der Waals surface area contributed by atoms with Gasteiger partial charge >= 0.3 is 0 Å². The molecule has 1 aromatic carbocycles. The van der Waals surface area contributed by atoms with E-state index in [4.69, 9.17) is 0 Å². The van der Waals surface area contributed by atoms with Gasteiger partial charge in [0.15, 0.2) is 0 Å².